The molecule has 2 rings (SSSR count). The highest BCUT2D eigenvalue weighted by atomic mass is 16.7. The molecule has 4 nitrogen and oxygen atoms in total. The summed E-state index contributed by atoms with van der Waals surface area (Å²) in [4.78, 5) is 13.1. The Labute approximate surface area is 77.5 Å². The van der Waals surface area contributed by atoms with Crippen LogP contribution in [0.15, 0.2) is 12.3 Å². The van der Waals surface area contributed by atoms with E-state index >= 15 is 0 Å². The molecule has 0 amide bonds. The van der Waals surface area contributed by atoms with Crippen molar-refractivity contribution < 1.29 is 4.84 Å². The van der Waals surface area contributed by atoms with Crippen LogP contribution in [0.1, 0.15) is 19.3 Å². The summed E-state index contributed by atoms with van der Waals surface area (Å²) in [6, 6.07) is 1.74. The van der Waals surface area contributed by atoms with Crippen LogP contribution in [-0.4, -0.2) is 28.1 Å². The second-order valence-corrected chi connectivity index (χ2v) is 3.08. The van der Waals surface area contributed by atoms with Gasteiger partial charge in [-0.05, 0) is 12.8 Å². The maximum Gasteiger partial charge on any atom is 0.241 e. The number of nitrogens with zero attached hydrogens (tertiary/aromatic N) is 3. The number of aromatic nitrogens is 2. The van der Waals surface area contributed by atoms with Gasteiger partial charge in [0, 0.05) is 25.4 Å². The van der Waals surface area contributed by atoms with Crippen molar-refractivity contribution in [1.82, 2.24) is 15.0 Å². The largest absolute Gasteiger partial charge is 0.386 e. The zero-order chi connectivity index (χ0) is 8.93. The Morgan fingerprint density at radius 2 is 2.15 bits per heavy atom. The number of rotatable bonds is 2. The smallest absolute Gasteiger partial charge is 0.241 e. The van der Waals surface area contributed by atoms with Gasteiger partial charge in [-0.15, -0.1) is 5.06 Å². The van der Waals surface area contributed by atoms with Gasteiger partial charge >= 0.3 is 0 Å². The number of hydroxylamine groups is 2. The van der Waals surface area contributed by atoms with Gasteiger partial charge < -0.3 is 4.84 Å². The van der Waals surface area contributed by atoms with Gasteiger partial charge in [-0.2, -0.15) is 4.98 Å². The van der Waals surface area contributed by atoms with Gasteiger partial charge in [0.15, 0.2) is 0 Å². The molecule has 0 bridgehead atoms. The minimum absolute atomic E-state index is 0.580. The number of hydrogen-bond donors (Lipinski definition) is 0. The monoisotopic (exact) mass is 178 g/mol. The molecule has 1 aromatic heterocycles. The van der Waals surface area contributed by atoms with E-state index in [0.29, 0.717) is 5.88 Å². The number of hydrogen-bond acceptors (Lipinski definition) is 4. The molecular formula is C9H12N3O. The average molecular weight is 178 g/mol. The van der Waals surface area contributed by atoms with Crippen LogP contribution in [0.4, 0.5) is 0 Å². The van der Waals surface area contributed by atoms with Crippen molar-refractivity contribution >= 4 is 0 Å². The molecule has 0 saturated carbocycles. The SMILES string of the molecule is [c]1nccc(ON2CCCCC2)n1. The van der Waals surface area contributed by atoms with E-state index in [0.717, 1.165) is 13.1 Å². The normalized spacial score (nSPS) is 18.5. The van der Waals surface area contributed by atoms with Crippen molar-refractivity contribution in [3.05, 3.63) is 18.6 Å². The summed E-state index contributed by atoms with van der Waals surface area (Å²) < 4.78 is 0. The summed E-state index contributed by atoms with van der Waals surface area (Å²) in [6.45, 7) is 1.98. The molecule has 1 aliphatic heterocycles. The molecule has 2 heterocycles. The zero-order valence-electron chi connectivity index (χ0n) is 7.44. The Bertz CT molecular complexity index is 246. The Hall–Kier alpha value is -1.16. The molecule has 0 unspecified atom stereocenters. The average Bonchev–Trinajstić information content (AvgIpc) is 2.21. The van der Waals surface area contributed by atoms with Gasteiger partial charge in [0.1, 0.15) is 0 Å². The second kappa shape index (κ2) is 4.18. The maximum atomic E-state index is 5.51. The molecular weight excluding hydrogens is 166 g/mol. The van der Waals surface area contributed by atoms with Crippen molar-refractivity contribution in [1.29, 1.82) is 0 Å². The van der Waals surface area contributed by atoms with E-state index in [1.165, 1.54) is 19.3 Å². The summed E-state index contributed by atoms with van der Waals surface area (Å²) in [7, 11) is 0. The molecule has 4 heteroatoms. The standard InChI is InChI=1S/C9H12N3O/c1-2-6-12(7-3-1)13-9-4-5-10-8-11-9/h4-5H,1-3,6-7H2. The van der Waals surface area contributed by atoms with Crippen LogP contribution in [0.5, 0.6) is 5.88 Å². The lowest BCUT2D eigenvalue weighted by Gasteiger charge is -2.24. The van der Waals surface area contributed by atoms with E-state index in [4.69, 9.17) is 4.84 Å². The second-order valence-electron chi connectivity index (χ2n) is 3.08. The molecule has 0 spiro atoms. The summed E-state index contributed by atoms with van der Waals surface area (Å²) in [5.74, 6) is 0.580. The third kappa shape index (κ3) is 2.39. The highest BCUT2D eigenvalue weighted by Gasteiger charge is 2.11. The summed E-state index contributed by atoms with van der Waals surface area (Å²) in [5.41, 5.74) is 0. The van der Waals surface area contributed by atoms with Crippen LogP contribution in [0.2, 0.25) is 0 Å². The van der Waals surface area contributed by atoms with E-state index in [9.17, 15) is 0 Å². The van der Waals surface area contributed by atoms with Gasteiger partial charge in [0.05, 0.1) is 0 Å². The van der Waals surface area contributed by atoms with Crippen LogP contribution in [-0.2, 0) is 0 Å². The fourth-order valence-electron chi connectivity index (χ4n) is 1.39. The maximum absolute atomic E-state index is 5.51. The fraction of sp³-hybridized carbons (Fsp3) is 0.556. The minimum Gasteiger partial charge on any atom is -0.386 e. The van der Waals surface area contributed by atoms with Gasteiger partial charge in [0.2, 0.25) is 12.2 Å². The number of piperidine rings is 1. The molecule has 13 heavy (non-hydrogen) atoms. The van der Waals surface area contributed by atoms with Gasteiger partial charge in [-0.1, -0.05) is 6.42 Å². The highest BCUT2D eigenvalue weighted by molar-refractivity contribution is 5.03. The minimum atomic E-state index is 0.580. The Morgan fingerprint density at radius 3 is 2.85 bits per heavy atom. The van der Waals surface area contributed by atoms with E-state index in [2.05, 4.69) is 16.3 Å². The van der Waals surface area contributed by atoms with E-state index in [-0.39, 0.29) is 0 Å². The topological polar surface area (TPSA) is 38.2 Å². The Morgan fingerprint density at radius 1 is 1.31 bits per heavy atom. The Kier molecular flexibility index (Phi) is 2.72. The van der Waals surface area contributed by atoms with E-state index in [1.807, 2.05) is 5.06 Å². The van der Waals surface area contributed by atoms with E-state index < -0.39 is 0 Å². The van der Waals surface area contributed by atoms with Crippen LogP contribution >= 0.6 is 0 Å². The molecule has 0 atom stereocenters. The molecule has 0 N–H and O–H groups in total. The van der Waals surface area contributed by atoms with Crippen molar-refractivity contribution in [2.75, 3.05) is 13.1 Å². The van der Waals surface area contributed by atoms with Crippen molar-refractivity contribution in [3.8, 4) is 5.88 Å². The molecule has 1 radical (unpaired) electrons. The van der Waals surface area contributed by atoms with Crippen LogP contribution in [0, 0.1) is 6.33 Å². The molecule has 0 aliphatic carbocycles. The van der Waals surface area contributed by atoms with E-state index in [1.54, 1.807) is 12.3 Å². The predicted octanol–water partition coefficient (Wildman–Crippen LogP) is 1.06. The molecule has 0 aromatic carbocycles. The van der Waals surface area contributed by atoms with Crippen LogP contribution < -0.4 is 4.84 Å². The summed E-state index contributed by atoms with van der Waals surface area (Å²) >= 11 is 0. The first-order chi connectivity index (χ1) is 6.45. The highest BCUT2D eigenvalue weighted by Crippen LogP contribution is 2.11. The third-order valence-corrected chi connectivity index (χ3v) is 2.05. The summed E-state index contributed by atoms with van der Waals surface area (Å²) in [6.07, 6.45) is 7.84. The lowest BCUT2D eigenvalue weighted by molar-refractivity contribution is -0.0759. The zero-order valence-corrected chi connectivity index (χ0v) is 7.44. The van der Waals surface area contributed by atoms with Crippen molar-refractivity contribution in [3.63, 3.8) is 0 Å². The van der Waals surface area contributed by atoms with Gasteiger partial charge in [0.25, 0.3) is 0 Å². The lowest BCUT2D eigenvalue weighted by Crippen LogP contribution is -2.33. The van der Waals surface area contributed by atoms with Gasteiger partial charge in [-0.25, -0.2) is 4.98 Å². The van der Waals surface area contributed by atoms with Gasteiger partial charge in [-0.3, -0.25) is 0 Å². The van der Waals surface area contributed by atoms with Crippen LogP contribution in [0.3, 0.4) is 0 Å². The first kappa shape index (κ1) is 8.44. The lowest BCUT2D eigenvalue weighted by atomic mass is 10.2. The van der Waals surface area contributed by atoms with Crippen LogP contribution in [0.25, 0.3) is 0 Å². The quantitative estimate of drug-likeness (QED) is 0.678. The van der Waals surface area contributed by atoms with Crippen molar-refractivity contribution in [2.24, 2.45) is 0 Å². The first-order valence-corrected chi connectivity index (χ1v) is 4.57. The molecule has 1 aliphatic rings. The first-order valence-electron chi connectivity index (χ1n) is 4.57. The molecule has 1 fully saturated rings. The summed E-state index contributed by atoms with van der Waals surface area (Å²) in [5, 5.41) is 1.94. The van der Waals surface area contributed by atoms with Crippen molar-refractivity contribution in [2.45, 2.75) is 19.3 Å². The fourth-order valence-corrected chi connectivity index (χ4v) is 1.39. The molecule has 1 saturated heterocycles. The Balaban J connectivity index is 1.90. The third-order valence-electron chi connectivity index (χ3n) is 2.05. The molecule has 1 aromatic rings. The predicted molar refractivity (Wildman–Crippen MR) is 46.9 cm³/mol. The molecule has 69 valence electrons.